The molecule has 4 N–H and O–H groups in total. The van der Waals surface area contributed by atoms with Gasteiger partial charge >= 0.3 is 5.97 Å². The smallest absolute Gasteiger partial charge is 0.354 e. The lowest BCUT2D eigenvalue weighted by molar-refractivity contribution is 0.0681. The van der Waals surface area contributed by atoms with Crippen molar-refractivity contribution >= 4 is 11.7 Å². The molecule has 7 heteroatoms. The third kappa shape index (κ3) is 3.64. The average Bonchev–Trinajstić information content (AvgIpc) is 3.04. The summed E-state index contributed by atoms with van der Waals surface area (Å²) in [5.41, 5.74) is 10.5. The van der Waals surface area contributed by atoms with E-state index < -0.39 is 5.97 Å². The molecule has 1 heterocycles. The Labute approximate surface area is 159 Å². The first-order valence-electron chi connectivity index (χ1n) is 9.50. The summed E-state index contributed by atoms with van der Waals surface area (Å²) in [5, 5.41) is 17.9. The molecule has 0 spiro atoms. The molecule has 7 nitrogen and oxygen atoms in total. The maximum Gasteiger partial charge on any atom is 0.354 e. The van der Waals surface area contributed by atoms with Crippen LogP contribution in [0.3, 0.4) is 0 Å². The summed E-state index contributed by atoms with van der Waals surface area (Å²) in [6, 6.07) is 4.39. The van der Waals surface area contributed by atoms with Crippen LogP contribution in [0.4, 0.5) is 5.69 Å². The Bertz CT molecular complexity index is 844. The van der Waals surface area contributed by atoms with E-state index in [2.05, 4.69) is 24.3 Å². The van der Waals surface area contributed by atoms with Crippen LogP contribution in [0, 0.1) is 0 Å². The number of nitrogens with zero attached hydrogens (tertiary/aromatic N) is 2. The molecule has 146 valence electrons. The van der Waals surface area contributed by atoms with Crippen LogP contribution in [0.5, 0.6) is 5.75 Å². The fraction of sp³-hybridized carbons (Fsp3) is 0.500. The lowest BCUT2D eigenvalue weighted by Crippen LogP contribution is -2.15. The number of aromatic carboxylic acids is 1. The predicted molar refractivity (Wildman–Crippen MR) is 106 cm³/mol. The van der Waals surface area contributed by atoms with Crippen molar-refractivity contribution in [3.63, 3.8) is 0 Å². The molecule has 2 aromatic rings. The molecular formula is C20H28N4O3. The maximum atomic E-state index is 11.9. The van der Waals surface area contributed by atoms with Gasteiger partial charge < -0.3 is 20.9 Å². The zero-order valence-corrected chi connectivity index (χ0v) is 16.2. The van der Waals surface area contributed by atoms with E-state index in [0.29, 0.717) is 32.0 Å². The van der Waals surface area contributed by atoms with Gasteiger partial charge in [0.15, 0.2) is 0 Å². The number of nitrogens with two attached hydrogens (primary N) is 1. The molecule has 0 aliphatic heterocycles. The molecular weight excluding hydrogens is 344 g/mol. The highest BCUT2D eigenvalue weighted by atomic mass is 16.5. The van der Waals surface area contributed by atoms with E-state index in [-0.39, 0.29) is 5.69 Å². The standard InChI is InChI=1S/C20H28N4O3/c1-4-12(2)22-16-11-15-13(10-17(16)27-3)6-7-14-18(15)23-24(9-5-8-21)19(14)20(25)26/h10-12,22H,4-9,21H2,1-3H3,(H,25,26). The van der Waals surface area contributed by atoms with Gasteiger partial charge in [0.25, 0.3) is 0 Å². The monoisotopic (exact) mass is 372 g/mol. The van der Waals surface area contributed by atoms with Crippen LogP contribution in [0.25, 0.3) is 11.3 Å². The SMILES string of the molecule is CCC(C)Nc1cc2c(cc1OC)CCc1c-2nn(CCCN)c1C(=O)O. The number of fused-ring (bicyclic) bond motifs is 3. The van der Waals surface area contributed by atoms with Gasteiger partial charge in [0.2, 0.25) is 0 Å². The first-order chi connectivity index (χ1) is 13.0. The Morgan fingerprint density at radius 2 is 2.22 bits per heavy atom. The number of aromatic nitrogens is 2. The molecule has 0 radical (unpaired) electrons. The minimum absolute atomic E-state index is 0.288. The molecule has 0 saturated carbocycles. The molecule has 1 unspecified atom stereocenters. The van der Waals surface area contributed by atoms with E-state index in [1.54, 1.807) is 11.8 Å². The molecule has 3 rings (SSSR count). The molecule has 1 aliphatic carbocycles. The Morgan fingerprint density at radius 1 is 1.44 bits per heavy atom. The van der Waals surface area contributed by atoms with Crippen molar-refractivity contribution in [1.82, 2.24) is 9.78 Å². The number of hydrogen-bond donors (Lipinski definition) is 3. The van der Waals surface area contributed by atoms with Gasteiger partial charge in [0.05, 0.1) is 18.5 Å². The fourth-order valence-corrected chi connectivity index (χ4v) is 3.55. The zero-order chi connectivity index (χ0) is 19.6. The molecule has 1 aromatic heterocycles. The van der Waals surface area contributed by atoms with E-state index in [0.717, 1.165) is 46.7 Å². The third-order valence-corrected chi connectivity index (χ3v) is 5.17. The second-order valence-electron chi connectivity index (χ2n) is 7.01. The molecule has 0 amide bonds. The molecule has 0 saturated heterocycles. The van der Waals surface area contributed by atoms with E-state index in [9.17, 15) is 9.90 Å². The minimum atomic E-state index is -0.935. The lowest BCUT2D eigenvalue weighted by Gasteiger charge is -2.21. The Morgan fingerprint density at radius 3 is 2.85 bits per heavy atom. The van der Waals surface area contributed by atoms with Gasteiger partial charge in [-0.25, -0.2) is 4.79 Å². The average molecular weight is 372 g/mol. The first-order valence-corrected chi connectivity index (χ1v) is 9.50. The van der Waals surface area contributed by atoms with E-state index in [1.807, 2.05) is 12.1 Å². The van der Waals surface area contributed by atoms with Crippen molar-refractivity contribution in [1.29, 1.82) is 0 Å². The number of hydrogen-bond acceptors (Lipinski definition) is 5. The van der Waals surface area contributed by atoms with Gasteiger partial charge in [-0.05, 0) is 56.8 Å². The molecule has 1 aromatic carbocycles. The number of nitrogens with one attached hydrogen (secondary N) is 1. The van der Waals surface area contributed by atoms with Crippen molar-refractivity contribution in [3.8, 4) is 17.0 Å². The van der Waals surface area contributed by atoms with Gasteiger partial charge in [-0.1, -0.05) is 6.92 Å². The number of carbonyl (C=O) groups is 1. The maximum absolute atomic E-state index is 11.9. The van der Waals surface area contributed by atoms with Gasteiger partial charge in [-0.2, -0.15) is 5.10 Å². The van der Waals surface area contributed by atoms with Crippen molar-refractivity contribution < 1.29 is 14.6 Å². The minimum Gasteiger partial charge on any atom is -0.495 e. The Hall–Kier alpha value is -2.54. The molecule has 0 fully saturated rings. The number of anilines is 1. The lowest BCUT2D eigenvalue weighted by atomic mass is 9.88. The fourth-order valence-electron chi connectivity index (χ4n) is 3.55. The summed E-state index contributed by atoms with van der Waals surface area (Å²) < 4.78 is 7.17. The van der Waals surface area contributed by atoms with Crippen LogP contribution in [0.1, 0.15) is 48.3 Å². The summed E-state index contributed by atoms with van der Waals surface area (Å²) >= 11 is 0. The van der Waals surface area contributed by atoms with Crippen molar-refractivity contribution in [2.45, 2.75) is 52.1 Å². The highest BCUT2D eigenvalue weighted by Gasteiger charge is 2.29. The number of methoxy groups -OCH3 is 1. The van der Waals surface area contributed by atoms with Crippen LogP contribution >= 0.6 is 0 Å². The second kappa shape index (κ2) is 8.00. The number of ether oxygens (including phenoxy) is 1. The van der Waals surface area contributed by atoms with Gasteiger partial charge in [0.1, 0.15) is 11.4 Å². The summed E-state index contributed by atoms with van der Waals surface area (Å²) in [5.74, 6) is -0.130. The largest absolute Gasteiger partial charge is 0.495 e. The zero-order valence-electron chi connectivity index (χ0n) is 16.2. The van der Waals surface area contributed by atoms with Crippen LogP contribution in [-0.4, -0.2) is 40.6 Å². The first kappa shape index (κ1) is 19.2. The van der Waals surface area contributed by atoms with E-state index in [1.165, 1.54) is 0 Å². The van der Waals surface area contributed by atoms with Crippen molar-refractivity contribution in [2.75, 3.05) is 19.0 Å². The third-order valence-electron chi connectivity index (χ3n) is 5.17. The van der Waals surface area contributed by atoms with Gasteiger partial charge in [-0.3, -0.25) is 4.68 Å². The van der Waals surface area contributed by atoms with Gasteiger partial charge in [0, 0.05) is 23.7 Å². The van der Waals surface area contributed by atoms with E-state index >= 15 is 0 Å². The number of aryl methyl sites for hydroxylation is 2. The number of rotatable bonds is 8. The number of carboxylic acid groups (broad SMARTS) is 1. The topological polar surface area (TPSA) is 102 Å². The molecule has 27 heavy (non-hydrogen) atoms. The van der Waals surface area contributed by atoms with Crippen LogP contribution in [0.2, 0.25) is 0 Å². The second-order valence-corrected chi connectivity index (χ2v) is 7.01. The van der Waals surface area contributed by atoms with Crippen LogP contribution in [0.15, 0.2) is 12.1 Å². The van der Waals surface area contributed by atoms with Crippen molar-refractivity contribution in [3.05, 3.63) is 29.0 Å². The van der Waals surface area contributed by atoms with Crippen LogP contribution < -0.4 is 15.8 Å². The number of carboxylic acids is 1. The highest BCUT2D eigenvalue weighted by molar-refractivity contribution is 5.91. The summed E-state index contributed by atoms with van der Waals surface area (Å²) in [7, 11) is 1.67. The molecule has 0 bridgehead atoms. The van der Waals surface area contributed by atoms with Crippen LogP contribution in [-0.2, 0) is 19.4 Å². The summed E-state index contributed by atoms with van der Waals surface area (Å²) in [4.78, 5) is 11.9. The number of benzene rings is 1. The normalized spacial score (nSPS) is 13.6. The summed E-state index contributed by atoms with van der Waals surface area (Å²) in [6.45, 7) is 5.25. The highest BCUT2D eigenvalue weighted by Crippen LogP contribution is 2.40. The predicted octanol–water partition coefficient (Wildman–Crippen LogP) is 2.91. The quantitative estimate of drug-likeness (QED) is 0.658. The van der Waals surface area contributed by atoms with E-state index in [4.69, 9.17) is 10.5 Å². The summed E-state index contributed by atoms with van der Waals surface area (Å²) in [6.07, 6.45) is 3.11. The van der Waals surface area contributed by atoms with Crippen molar-refractivity contribution in [2.24, 2.45) is 5.73 Å². The molecule has 1 aliphatic rings. The Balaban J connectivity index is 2.11. The Kier molecular flexibility index (Phi) is 5.70. The van der Waals surface area contributed by atoms with Gasteiger partial charge in [-0.15, -0.1) is 0 Å². The molecule has 1 atom stereocenters.